The monoisotopic (exact) mass is 338 g/mol. The third-order valence-corrected chi connectivity index (χ3v) is 4.55. The standard InChI is InChI=1S/C20H22N2O3/c1-14-13-22(19(14)15-7-4-3-5-8-15)18(23)12-21-20(24)16-9-6-10-17(11-16)25-2/h3-11,14,19H,12-13H2,1-2H3,(H,21,24)/t14-,19+/m0/s1. The van der Waals surface area contributed by atoms with Gasteiger partial charge in [0.25, 0.3) is 5.91 Å². The number of nitrogens with one attached hydrogen (secondary N) is 1. The topological polar surface area (TPSA) is 58.6 Å². The van der Waals surface area contributed by atoms with E-state index in [2.05, 4.69) is 12.2 Å². The molecule has 0 spiro atoms. The normalized spacial score (nSPS) is 19.0. The van der Waals surface area contributed by atoms with Crippen LogP contribution in [0.5, 0.6) is 5.75 Å². The predicted octanol–water partition coefficient (Wildman–Crippen LogP) is 2.64. The van der Waals surface area contributed by atoms with E-state index in [1.807, 2.05) is 35.2 Å². The van der Waals surface area contributed by atoms with Gasteiger partial charge < -0.3 is 15.0 Å². The SMILES string of the molecule is COc1cccc(C(=O)NCC(=O)N2C[C@H](C)[C@@H]2c2ccccc2)c1. The van der Waals surface area contributed by atoms with Crippen molar-refractivity contribution in [3.63, 3.8) is 0 Å². The summed E-state index contributed by atoms with van der Waals surface area (Å²) in [5.74, 6) is 0.681. The molecule has 5 heteroatoms. The maximum absolute atomic E-state index is 12.5. The van der Waals surface area contributed by atoms with Crippen LogP contribution in [0, 0.1) is 5.92 Å². The fraction of sp³-hybridized carbons (Fsp3) is 0.300. The van der Waals surface area contributed by atoms with E-state index in [9.17, 15) is 9.59 Å². The molecule has 1 heterocycles. The van der Waals surface area contributed by atoms with Crippen LogP contribution < -0.4 is 10.1 Å². The summed E-state index contributed by atoms with van der Waals surface area (Å²) in [7, 11) is 1.55. The first-order valence-electron chi connectivity index (χ1n) is 8.37. The molecule has 0 unspecified atom stereocenters. The average Bonchev–Trinajstić information content (AvgIpc) is 2.64. The Morgan fingerprint density at radius 3 is 2.60 bits per heavy atom. The molecule has 0 aliphatic carbocycles. The lowest BCUT2D eigenvalue weighted by molar-refractivity contribution is -0.142. The van der Waals surface area contributed by atoms with Crippen molar-refractivity contribution in [2.75, 3.05) is 20.2 Å². The Bertz CT molecular complexity index is 761. The Hall–Kier alpha value is -2.82. The smallest absolute Gasteiger partial charge is 0.251 e. The fourth-order valence-electron chi connectivity index (χ4n) is 3.23. The zero-order chi connectivity index (χ0) is 17.8. The van der Waals surface area contributed by atoms with Crippen LogP contribution in [0.25, 0.3) is 0 Å². The first-order chi connectivity index (χ1) is 12.1. The van der Waals surface area contributed by atoms with Crippen molar-refractivity contribution < 1.29 is 14.3 Å². The van der Waals surface area contributed by atoms with Gasteiger partial charge in [0.2, 0.25) is 5.91 Å². The second-order valence-corrected chi connectivity index (χ2v) is 6.29. The number of nitrogens with zero attached hydrogens (tertiary/aromatic N) is 1. The van der Waals surface area contributed by atoms with Crippen LogP contribution >= 0.6 is 0 Å². The highest BCUT2D eigenvalue weighted by Crippen LogP contribution is 2.38. The molecule has 25 heavy (non-hydrogen) atoms. The molecule has 5 nitrogen and oxygen atoms in total. The molecular weight excluding hydrogens is 316 g/mol. The summed E-state index contributed by atoms with van der Waals surface area (Å²) in [5, 5.41) is 2.70. The van der Waals surface area contributed by atoms with Gasteiger partial charge in [-0.15, -0.1) is 0 Å². The molecule has 1 aliphatic rings. The molecule has 0 aromatic heterocycles. The number of rotatable bonds is 5. The molecule has 2 amide bonds. The van der Waals surface area contributed by atoms with Gasteiger partial charge in [-0.2, -0.15) is 0 Å². The number of hydrogen-bond acceptors (Lipinski definition) is 3. The van der Waals surface area contributed by atoms with Crippen LogP contribution in [-0.4, -0.2) is 36.9 Å². The van der Waals surface area contributed by atoms with Gasteiger partial charge in [0.05, 0.1) is 19.7 Å². The van der Waals surface area contributed by atoms with Crippen molar-refractivity contribution in [2.45, 2.75) is 13.0 Å². The van der Waals surface area contributed by atoms with Crippen LogP contribution in [0.1, 0.15) is 28.9 Å². The summed E-state index contributed by atoms with van der Waals surface area (Å²) < 4.78 is 5.12. The second kappa shape index (κ2) is 7.38. The van der Waals surface area contributed by atoms with E-state index in [4.69, 9.17) is 4.74 Å². The van der Waals surface area contributed by atoms with Crippen LogP contribution in [0.3, 0.4) is 0 Å². The molecule has 2 atom stereocenters. The first-order valence-corrected chi connectivity index (χ1v) is 8.37. The van der Waals surface area contributed by atoms with Gasteiger partial charge in [-0.05, 0) is 29.7 Å². The zero-order valence-electron chi connectivity index (χ0n) is 14.4. The Morgan fingerprint density at radius 1 is 1.16 bits per heavy atom. The van der Waals surface area contributed by atoms with E-state index >= 15 is 0 Å². The minimum absolute atomic E-state index is 0.00784. The summed E-state index contributed by atoms with van der Waals surface area (Å²) in [5.41, 5.74) is 1.61. The van der Waals surface area contributed by atoms with E-state index in [1.54, 1.807) is 31.4 Å². The Labute approximate surface area is 147 Å². The Kier molecular flexibility index (Phi) is 5.03. The maximum atomic E-state index is 12.5. The van der Waals surface area contributed by atoms with Gasteiger partial charge in [0, 0.05) is 12.1 Å². The summed E-state index contributed by atoms with van der Waals surface area (Å²) in [6.45, 7) is 2.84. The first kappa shape index (κ1) is 17.0. The van der Waals surface area contributed by atoms with Crippen molar-refractivity contribution >= 4 is 11.8 Å². The van der Waals surface area contributed by atoms with E-state index in [0.717, 1.165) is 5.56 Å². The second-order valence-electron chi connectivity index (χ2n) is 6.29. The molecule has 1 N–H and O–H groups in total. The Morgan fingerprint density at radius 2 is 1.92 bits per heavy atom. The molecule has 0 bridgehead atoms. The number of hydrogen-bond donors (Lipinski definition) is 1. The highest BCUT2D eigenvalue weighted by atomic mass is 16.5. The van der Waals surface area contributed by atoms with E-state index in [1.165, 1.54) is 0 Å². The van der Waals surface area contributed by atoms with Crippen molar-refractivity contribution in [2.24, 2.45) is 5.92 Å². The molecule has 1 aliphatic heterocycles. The van der Waals surface area contributed by atoms with E-state index < -0.39 is 0 Å². The lowest BCUT2D eigenvalue weighted by Gasteiger charge is -2.47. The molecule has 3 rings (SSSR count). The van der Waals surface area contributed by atoms with Crippen LogP contribution in [0.15, 0.2) is 54.6 Å². The lowest BCUT2D eigenvalue weighted by atomic mass is 9.84. The van der Waals surface area contributed by atoms with Crippen molar-refractivity contribution in [3.8, 4) is 5.75 Å². The van der Waals surface area contributed by atoms with Crippen molar-refractivity contribution in [1.29, 1.82) is 0 Å². The highest BCUT2D eigenvalue weighted by molar-refractivity contribution is 5.96. The summed E-state index contributed by atoms with van der Waals surface area (Å²) in [6.07, 6.45) is 0. The minimum atomic E-state index is -0.280. The number of ether oxygens (including phenoxy) is 1. The quantitative estimate of drug-likeness (QED) is 0.912. The summed E-state index contributed by atoms with van der Waals surface area (Å²) in [6, 6.07) is 17.0. The van der Waals surface area contributed by atoms with Gasteiger partial charge in [0.15, 0.2) is 0 Å². The number of benzene rings is 2. The number of carbonyl (C=O) groups is 2. The Balaban J connectivity index is 1.60. The van der Waals surface area contributed by atoms with E-state index in [0.29, 0.717) is 23.8 Å². The zero-order valence-corrected chi connectivity index (χ0v) is 14.4. The predicted molar refractivity (Wildman–Crippen MR) is 95.4 cm³/mol. The average molecular weight is 338 g/mol. The fourth-order valence-corrected chi connectivity index (χ4v) is 3.23. The van der Waals surface area contributed by atoms with Gasteiger partial charge in [-0.3, -0.25) is 9.59 Å². The molecule has 2 aromatic rings. The van der Waals surface area contributed by atoms with Gasteiger partial charge in [-0.25, -0.2) is 0 Å². The molecule has 1 saturated heterocycles. The lowest BCUT2D eigenvalue weighted by Crippen LogP contribution is -2.54. The van der Waals surface area contributed by atoms with Gasteiger partial charge in [0.1, 0.15) is 5.75 Å². The molecule has 1 fully saturated rings. The molecular formula is C20H22N2O3. The number of likely N-dealkylation sites (tertiary alicyclic amines) is 1. The minimum Gasteiger partial charge on any atom is -0.497 e. The summed E-state index contributed by atoms with van der Waals surface area (Å²) in [4.78, 5) is 26.5. The van der Waals surface area contributed by atoms with Crippen molar-refractivity contribution in [1.82, 2.24) is 10.2 Å². The number of methoxy groups -OCH3 is 1. The third-order valence-electron chi connectivity index (χ3n) is 4.55. The number of carbonyl (C=O) groups excluding carboxylic acids is 2. The van der Waals surface area contributed by atoms with Gasteiger partial charge in [-0.1, -0.05) is 43.3 Å². The van der Waals surface area contributed by atoms with Crippen LogP contribution in [0.2, 0.25) is 0 Å². The molecule has 2 aromatic carbocycles. The molecule has 130 valence electrons. The van der Waals surface area contributed by atoms with Crippen LogP contribution in [0.4, 0.5) is 0 Å². The van der Waals surface area contributed by atoms with E-state index in [-0.39, 0.29) is 24.4 Å². The molecule has 0 saturated carbocycles. The molecule has 0 radical (unpaired) electrons. The summed E-state index contributed by atoms with van der Waals surface area (Å²) >= 11 is 0. The van der Waals surface area contributed by atoms with Gasteiger partial charge >= 0.3 is 0 Å². The maximum Gasteiger partial charge on any atom is 0.251 e. The van der Waals surface area contributed by atoms with Crippen molar-refractivity contribution in [3.05, 3.63) is 65.7 Å². The number of amides is 2. The third kappa shape index (κ3) is 3.65. The largest absolute Gasteiger partial charge is 0.497 e. The highest BCUT2D eigenvalue weighted by Gasteiger charge is 2.39. The van der Waals surface area contributed by atoms with Crippen LogP contribution in [-0.2, 0) is 4.79 Å².